The monoisotopic (exact) mass is 304 g/mol. The summed E-state index contributed by atoms with van der Waals surface area (Å²) in [5.74, 6) is 0. The summed E-state index contributed by atoms with van der Waals surface area (Å²) >= 11 is 0. The van der Waals surface area contributed by atoms with Crippen molar-refractivity contribution in [1.82, 2.24) is 14.3 Å². The number of aryl methyl sites for hydroxylation is 1. The molecule has 1 atom stereocenters. The number of hydrogen-bond acceptors (Lipinski definition) is 2. The maximum Gasteiger partial charge on any atom is 0.250 e. The van der Waals surface area contributed by atoms with Crippen LogP contribution in [0, 0.1) is 6.57 Å². The van der Waals surface area contributed by atoms with Gasteiger partial charge in [-0.15, -0.1) is 0 Å². The first-order valence-electron chi connectivity index (χ1n) is 7.27. The number of nitrogens with zero attached hydrogens (tertiary/aromatic N) is 4. The van der Waals surface area contributed by atoms with E-state index in [0.29, 0.717) is 5.69 Å². The number of aromatic nitrogens is 3. The van der Waals surface area contributed by atoms with Crippen molar-refractivity contribution in [2.24, 2.45) is 7.05 Å². The molecule has 0 bridgehead atoms. The van der Waals surface area contributed by atoms with Crippen molar-refractivity contribution < 1.29 is 0 Å². The summed E-state index contributed by atoms with van der Waals surface area (Å²) in [6, 6.07) is 10.9. The van der Waals surface area contributed by atoms with Gasteiger partial charge in [0.25, 0.3) is 0 Å². The highest BCUT2D eigenvalue weighted by atomic mass is 16.1. The summed E-state index contributed by atoms with van der Waals surface area (Å²) in [4.78, 5) is 14.9. The first-order chi connectivity index (χ1) is 11.1. The van der Waals surface area contributed by atoms with E-state index >= 15 is 0 Å². The third-order valence-corrected chi connectivity index (χ3v) is 3.90. The van der Waals surface area contributed by atoms with Crippen molar-refractivity contribution in [3.8, 4) is 11.1 Å². The molecule has 0 saturated carbocycles. The first kappa shape index (κ1) is 14.8. The van der Waals surface area contributed by atoms with E-state index in [1.54, 1.807) is 42.2 Å². The lowest BCUT2D eigenvalue weighted by molar-refractivity contribution is 0.565. The Labute approximate surface area is 134 Å². The van der Waals surface area contributed by atoms with Gasteiger partial charge < -0.3 is 4.57 Å². The third-order valence-electron chi connectivity index (χ3n) is 3.90. The fourth-order valence-corrected chi connectivity index (χ4v) is 2.47. The molecule has 0 fully saturated rings. The smallest absolute Gasteiger partial charge is 0.250 e. The van der Waals surface area contributed by atoms with Gasteiger partial charge in [0, 0.05) is 36.6 Å². The van der Waals surface area contributed by atoms with Gasteiger partial charge in [-0.2, -0.15) is 5.10 Å². The molecule has 5 heteroatoms. The molecule has 0 radical (unpaired) electrons. The molecule has 1 aromatic carbocycles. The second-order valence-electron chi connectivity index (χ2n) is 5.46. The van der Waals surface area contributed by atoms with E-state index in [4.69, 9.17) is 6.57 Å². The molecule has 0 aliphatic heterocycles. The van der Waals surface area contributed by atoms with Crippen molar-refractivity contribution in [3.63, 3.8) is 0 Å². The number of rotatable bonds is 3. The van der Waals surface area contributed by atoms with E-state index in [1.165, 1.54) is 0 Å². The zero-order valence-corrected chi connectivity index (χ0v) is 13.0. The quantitative estimate of drug-likeness (QED) is 0.696. The van der Waals surface area contributed by atoms with Gasteiger partial charge in [0.1, 0.15) is 0 Å². The first-order valence-corrected chi connectivity index (χ1v) is 7.27. The van der Waals surface area contributed by atoms with E-state index in [0.717, 1.165) is 16.7 Å². The normalized spacial score (nSPS) is 11.9. The molecular weight excluding hydrogens is 288 g/mol. The highest BCUT2D eigenvalue weighted by Gasteiger charge is 2.11. The Morgan fingerprint density at radius 1 is 1.17 bits per heavy atom. The van der Waals surface area contributed by atoms with Gasteiger partial charge in [0.2, 0.25) is 5.56 Å². The van der Waals surface area contributed by atoms with E-state index in [2.05, 4.69) is 9.94 Å². The molecule has 3 rings (SSSR count). The van der Waals surface area contributed by atoms with E-state index in [1.807, 2.05) is 36.0 Å². The predicted molar refractivity (Wildman–Crippen MR) is 89.4 cm³/mol. The molecule has 0 spiro atoms. The minimum absolute atomic E-state index is 0.0259. The molecule has 5 nitrogen and oxygen atoms in total. The lowest BCUT2D eigenvalue weighted by atomic mass is 10.1. The highest BCUT2D eigenvalue weighted by molar-refractivity contribution is 5.60. The van der Waals surface area contributed by atoms with Crippen molar-refractivity contribution in [2.75, 3.05) is 0 Å². The van der Waals surface area contributed by atoms with Gasteiger partial charge in [-0.25, -0.2) is 4.85 Å². The maximum absolute atomic E-state index is 11.5. The topological polar surface area (TPSA) is 44.2 Å². The molecular formula is C18H16N4O. The molecule has 0 N–H and O–H groups in total. The van der Waals surface area contributed by atoms with Gasteiger partial charge in [-0.3, -0.25) is 9.48 Å². The molecule has 2 heterocycles. The van der Waals surface area contributed by atoms with Gasteiger partial charge in [-0.05, 0) is 18.6 Å². The van der Waals surface area contributed by atoms with Crippen LogP contribution in [0.5, 0.6) is 0 Å². The Morgan fingerprint density at radius 2 is 2.00 bits per heavy atom. The number of pyridine rings is 1. The molecule has 3 aromatic rings. The van der Waals surface area contributed by atoms with E-state index in [9.17, 15) is 4.79 Å². The van der Waals surface area contributed by atoms with Crippen molar-refractivity contribution in [3.05, 3.63) is 82.3 Å². The second-order valence-corrected chi connectivity index (χ2v) is 5.46. The summed E-state index contributed by atoms with van der Waals surface area (Å²) in [7, 11) is 1.73. The minimum atomic E-state index is -0.0366. The average Bonchev–Trinajstić information content (AvgIpc) is 3.06. The van der Waals surface area contributed by atoms with Gasteiger partial charge in [-0.1, -0.05) is 24.3 Å². The molecule has 0 aliphatic rings. The molecule has 0 saturated heterocycles. The van der Waals surface area contributed by atoms with Crippen molar-refractivity contribution in [2.45, 2.75) is 13.0 Å². The number of benzene rings is 1. The van der Waals surface area contributed by atoms with E-state index < -0.39 is 0 Å². The maximum atomic E-state index is 11.5. The Hall–Kier alpha value is -3.13. The Morgan fingerprint density at radius 3 is 2.74 bits per heavy atom. The summed E-state index contributed by atoms with van der Waals surface area (Å²) in [5.41, 5.74) is 3.52. The van der Waals surface area contributed by atoms with Crippen molar-refractivity contribution in [1.29, 1.82) is 0 Å². The summed E-state index contributed by atoms with van der Waals surface area (Å²) in [6.45, 7) is 9.16. The van der Waals surface area contributed by atoms with Crippen LogP contribution in [0.4, 0.5) is 5.69 Å². The van der Waals surface area contributed by atoms with E-state index in [-0.39, 0.29) is 11.6 Å². The molecule has 114 valence electrons. The molecule has 23 heavy (non-hydrogen) atoms. The van der Waals surface area contributed by atoms with Crippen LogP contribution in [0.1, 0.15) is 18.5 Å². The number of hydrogen-bond donors (Lipinski definition) is 0. The molecule has 0 aliphatic carbocycles. The van der Waals surface area contributed by atoms with Crippen LogP contribution >= 0.6 is 0 Å². The van der Waals surface area contributed by atoms with Gasteiger partial charge in [0.15, 0.2) is 5.69 Å². The Bertz CT molecular complexity index is 946. The molecule has 2 aromatic heterocycles. The average molecular weight is 304 g/mol. The van der Waals surface area contributed by atoms with Crippen LogP contribution in [-0.2, 0) is 7.05 Å². The molecule has 1 unspecified atom stereocenters. The largest absolute Gasteiger partial charge is 0.318 e. The lowest BCUT2D eigenvalue weighted by Gasteiger charge is -2.13. The second kappa shape index (κ2) is 5.93. The van der Waals surface area contributed by atoms with Crippen LogP contribution in [-0.4, -0.2) is 14.3 Å². The lowest BCUT2D eigenvalue weighted by Crippen LogP contribution is -2.13. The minimum Gasteiger partial charge on any atom is -0.318 e. The Kier molecular flexibility index (Phi) is 3.82. The van der Waals surface area contributed by atoms with Crippen LogP contribution in [0.15, 0.2) is 59.8 Å². The predicted octanol–water partition coefficient (Wildman–Crippen LogP) is 3.41. The Balaban J connectivity index is 1.93. The fraction of sp³-hybridized carbons (Fsp3) is 0.167. The van der Waals surface area contributed by atoms with Crippen LogP contribution in [0.2, 0.25) is 0 Å². The van der Waals surface area contributed by atoms with Crippen LogP contribution in [0.25, 0.3) is 16.0 Å². The zero-order chi connectivity index (χ0) is 16.4. The summed E-state index contributed by atoms with van der Waals surface area (Å²) < 4.78 is 3.42. The highest BCUT2D eigenvalue weighted by Crippen LogP contribution is 2.24. The van der Waals surface area contributed by atoms with Gasteiger partial charge in [0.05, 0.1) is 18.8 Å². The fourth-order valence-electron chi connectivity index (χ4n) is 2.47. The summed E-state index contributed by atoms with van der Waals surface area (Å²) in [5, 5.41) is 4.43. The summed E-state index contributed by atoms with van der Waals surface area (Å²) in [6.07, 6.45) is 5.54. The van der Waals surface area contributed by atoms with Gasteiger partial charge >= 0.3 is 0 Å². The SMILES string of the molecule is [C-]#[N+]c1cccc(C(C)n2cc(-c3ccc(=O)n(C)c3)cn2)c1. The van der Waals surface area contributed by atoms with Crippen LogP contribution in [0.3, 0.4) is 0 Å². The third kappa shape index (κ3) is 2.92. The van der Waals surface area contributed by atoms with Crippen LogP contribution < -0.4 is 5.56 Å². The molecule has 0 amide bonds. The standard InChI is InChI=1S/C18H16N4O/c1-13(14-5-4-6-17(9-14)19-2)22-12-16(10-20-22)15-7-8-18(23)21(3)11-15/h4-13H,1,3H3. The van der Waals surface area contributed by atoms with Crippen molar-refractivity contribution >= 4 is 5.69 Å². The zero-order valence-electron chi connectivity index (χ0n) is 13.0.